The van der Waals surface area contributed by atoms with E-state index in [1.807, 2.05) is 62.4 Å². The van der Waals surface area contributed by atoms with Gasteiger partial charge in [-0.2, -0.15) is 0 Å². The second-order valence-corrected chi connectivity index (χ2v) is 9.18. The smallest absolute Gasteiger partial charge is 0.293 e. The summed E-state index contributed by atoms with van der Waals surface area (Å²) in [6.07, 6.45) is 1.69. The third-order valence-electron chi connectivity index (χ3n) is 5.44. The summed E-state index contributed by atoms with van der Waals surface area (Å²) in [6, 6.07) is 21.2. The molecule has 0 aromatic heterocycles. The number of ether oxygens (including phenoxy) is 3. The highest BCUT2D eigenvalue weighted by Crippen LogP contribution is 2.34. The van der Waals surface area contributed by atoms with Gasteiger partial charge in [0.05, 0.1) is 18.6 Å². The van der Waals surface area contributed by atoms with E-state index in [-0.39, 0.29) is 24.3 Å². The Kier molecular flexibility index (Phi) is 7.77. The van der Waals surface area contributed by atoms with Gasteiger partial charge in [0.15, 0.2) is 11.5 Å². The molecule has 1 aliphatic rings. The molecule has 1 saturated heterocycles. The van der Waals surface area contributed by atoms with Crippen LogP contribution in [0.5, 0.6) is 17.2 Å². The van der Waals surface area contributed by atoms with Gasteiger partial charge in [0.2, 0.25) is 0 Å². The number of benzene rings is 3. The van der Waals surface area contributed by atoms with Crippen LogP contribution in [0.3, 0.4) is 0 Å². The number of nitrogens with zero attached hydrogens (tertiary/aromatic N) is 1. The van der Waals surface area contributed by atoms with E-state index in [1.165, 1.54) is 10.5 Å². The third kappa shape index (κ3) is 6.25. The topological polar surface area (TPSA) is 65.1 Å². The zero-order chi connectivity index (χ0) is 24.8. The zero-order valence-electron chi connectivity index (χ0n) is 19.9. The maximum atomic E-state index is 12.8. The number of hydrogen-bond acceptors (Lipinski definition) is 6. The summed E-state index contributed by atoms with van der Waals surface area (Å²) >= 11 is 0.922. The molecule has 7 heteroatoms. The fourth-order valence-corrected chi connectivity index (χ4v) is 4.45. The number of methoxy groups -OCH3 is 1. The lowest BCUT2D eigenvalue weighted by Gasteiger charge is -2.13. The monoisotopic (exact) mass is 489 g/mol. The van der Waals surface area contributed by atoms with Gasteiger partial charge in [0.25, 0.3) is 11.1 Å². The number of amides is 2. The van der Waals surface area contributed by atoms with Crippen LogP contribution >= 0.6 is 11.8 Å². The number of rotatable bonds is 9. The lowest BCUT2D eigenvalue weighted by molar-refractivity contribution is -0.123. The fourth-order valence-electron chi connectivity index (χ4n) is 3.59. The summed E-state index contributed by atoms with van der Waals surface area (Å²) in [6.45, 7) is 4.87. The molecular formula is C28H27NO5S. The van der Waals surface area contributed by atoms with Crippen LogP contribution in [0, 0.1) is 13.8 Å². The van der Waals surface area contributed by atoms with E-state index >= 15 is 0 Å². The van der Waals surface area contributed by atoms with Crippen LogP contribution < -0.4 is 14.2 Å². The molecule has 0 aliphatic carbocycles. The molecule has 0 atom stereocenters. The van der Waals surface area contributed by atoms with E-state index in [9.17, 15) is 9.59 Å². The first-order valence-electron chi connectivity index (χ1n) is 11.2. The Hall–Kier alpha value is -3.71. The number of aryl methyl sites for hydroxylation is 2. The predicted molar refractivity (Wildman–Crippen MR) is 138 cm³/mol. The second-order valence-electron chi connectivity index (χ2n) is 8.18. The molecule has 2 amide bonds. The molecule has 0 radical (unpaired) electrons. The van der Waals surface area contributed by atoms with Crippen molar-refractivity contribution in [2.45, 2.75) is 20.5 Å². The molecule has 0 unspecified atom stereocenters. The molecule has 35 heavy (non-hydrogen) atoms. The standard InChI is InChI=1S/C28H27NO5S/c1-19-7-10-23(11-8-19)33-14-13-29-27(30)26(35-28(29)31)17-21-9-12-24(25(16-21)32-3)34-18-22-6-4-5-20(2)15-22/h4-12,15-17H,13-14,18H2,1-3H3/b26-17-. The summed E-state index contributed by atoms with van der Waals surface area (Å²) in [4.78, 5) is 26.8. The summed E-state index contributed by atoms with van der Waals surface area (Å²) in [5.41, 5.74) is 4.11. The number of carbonyl (C=O) groups is 2. The van der Waals surface area contributed by atoms with Gasteiger partial charge in [-0.1, -0.05) is 53.6 Å². The van der Waals surface area contributed by atoms with Crippen molar-refractivity contribution in [3.05, 3.63) is 93.9 Å². The van der Waals surface area contributed by atoms with Gasteiger partial charge in [-0.25, -0.2) is 0 Å². The Bertz CT molecular complexity index is 1250. The van der Waals surface area contributed by atoms with Crippen LogP contribution in [0.4, 0.5) is 4.79 Å². The molecule has 3 aromatic carbocycles. The van der Waals surface area contributed by atoms with Crippen LogP contribution in [0.2, 0.25) is 0 Å². The van der Waals surface area contributed by atoms with Gasteiger partial charge in [-0.05, 0) is 67.1 Å². The Morgan fingerprint density at radius 3 is 2.43 bits per heavy atom. The van der Waals surface area contributed by atoms with Gasteiger partial charge in [0, 0.05) is 0 Å². The van der Waals surface area contributed by atoms with E-state index in [4.69, 9.17) is 14.2 Å². The molecule has 1 heterocycles. The van der Waals surface area contributed by atoms with Gasteiger partial charge >= 0.3 is 0 Å². The maximum Gasteiger partial charge on any atom is 0.293 e. The minimum Gasteiger partial charge on any atom is -0.493 e. The lowest BCUT2D eigenvalue weighted by atomic mass is 10.1. The quantitative estimate of drug-likeness (QED) is 0.343. The van der Waals surface area contributed by atoms with E-state index < -0.39 is 0 Å². The number of carbonyl (C=O) groups excluding carboxylic acids is 2. The molecule has 0 N–H and O–H groups in total. The van der Waals surface area contributed by atoms with Crippen molar-refractivity contribution in [3.8, 4) is 17.2 Å². The average molecular weight is 490 g/mol. The molecule has 3 aromatic rings. The van der Waals surface area contributed by atoms with Crippen LogP contribution in [0.15, 0.2) is 71.6 Å². The largest absolute Gasteiger partial charge is 0.493 e. The van der Waals surface area contributed by atoms with E-state index in [1.54, 1.807) is 25.3 Å². The van der Waals surface area contributed by atoms with Crippen molar-refractivity contribution in [3.63, 3.8) is 0 Å². The number of hydrogen-bond donors (Lipinski definition) is 0. The van der Waals surface area contributed by atoms with Crippen LogP contribution in [0.1, 0.15) is 22.3 Å². The highest BCUT2D eigenvalue weighted by atomic mass is 32.2. The van der Waals surface area contributed by atoms with Crippen molar-refractivity contribution in [2.24, 2.45) is 0 Å². The van der Waals surface area contributed by atoms with Crippen molar-refractivity contribution in [2.75, 3.05) is 20.3 Å². The van der Waals surface area contributed by atoms with Crippen molar-refractivity contribution in [1.82, 2.24) is 4.90 Å². The summed E-state index contributed by atoms with van der Waals surface area (Å²) < 4.78 is 17.1. The maximum absolute atomic E-state index is 12.8. The summed E-state index contributed by atoms with van der Waals surface area (Å²) in [5.74, 6) is 1.53. The predicted octanol–water partition coefficient (Wildman–Crippen LogP) is 6.01. The Morgan fingerprint density at radius 2 is 1.69 bits per heavy atom. The lowest BCUT2D eigenvalue weighted by Crippen LogP contribution is -2.32. The number of thioether (sulfide) groups is 1. The van der Waals surface area contributed by atoms with Gasteiger partial charge < -0.3 is 14.2 Å². The first-order valence-corrected chi connectivity index (χ1v) is 12.1. The fraction of sp³-hybridized carbons (Fsp3) is 0.214. The van der Waals surface area contributed by atoms with Crippen molar-refractivity contribution >= 4 is 29.0 Å². The molecule has 0 spiro atoms. The highest BCUT2D eigenvalue weighted by Gasteiger charge is 2.34. The third-order valence-corrected chi connectivity index (χ3v) is 6.35. The normalized spacial score (nSPS) is 14.5. The molecule has 1 fully saturated rings. The van der Waals surface area contributed by atoms with E-state index in [2.05, 4.69) is 6.07 Å². The SMILES string of the molecule is COc1cc(/C=C2\SC(=O)N(CCOc3ccc(C)cc3)C2=O)ccc1OCc1cccc(C)c1. The molecular weight excluding hydrogens is 462 g/mol. The van der Waals surface area contributed by atoms with Gasteiger partial charge in [-0.3, -0.25) is 14.5 Å². The van der Waals surface area contributed by atoms with Gasteiger partial charge in [-0.15, -0.1) is 0 Å². The molecule has 1 aliphatic heterocycles. The van der Waals surface area contributed by atoms with E-state index in [0.29, 0.717) is 28.8 Å². The van der Waals surface area contributed by atoms with Crippen LogP contribution in [0.25, 0.3) is 6.08 Å². The highest BCUT2D eigenvalue weighted by molar-refractivity contribution is 8.18. The minimum atomic E-state index is -0.328. The molecule has 0 saturated carbocycles. The molecule has 180 valence electrons. The first kappa shape index (κ1) is 24.4. The first-order chi connectivity index (χ1) is 16.9. The second kappa shape index (κ2) is 11.1. The van der Waals surface area contributed by atoms with Crippen LogP contribution in [-0.4, -0.2) is 36.3 Å². The average Bonchev–Trinajstić information content (AvgIpc) is 3.11. The van der Waals surface area contributed by atoms with Crippen molar-refractivity contribution < 1.29 is 23.8 Å². The molecule has 0 bridgehead atoms. The Labute approximate surface area is 209 Å². The Balaban J connectivity index is 1.39. The number of imide groups is 1. The van der Waals surface area contributed by atoms with Crippen molar-refractivity contribution in [1.29, 1.82) is 0 Å². The molecule has 4 rings (SSSR count). The summed E-state index contributed by atoms with van der Waals surface area (Å²) in [5, 5.41) is -0.307. The van der Waals surface area contributed by atoms with E-state index in [0.717, 1.165) is 28.5 Å². The Morgan fingerprint density at radius 1 is 0.886 bits per heavy atom. The van der Waals surface area contributed by atoms with Crippen LogP contribution in [-0.2, 0) is 11.4 Å². The zero-order valence-corrected chi connectivity index (χ0v) is 20.8. The minimum absolute atomic E-state index is 0.185. The molecule has 6 nitrogen and oxygen atoms in total. The summed E-state index contributed by atoms with van der Waals surface area (Å²) in [7, 11) is 1.57. The van der Waals surface area contributed by atoms with Gasteiger partial charge in [0.1, 0.15) is 19.0 Å².